The molecule has 0 heterocycles. The van der Waals surface area contributed by atoms with Crippen LogP contribution < -0.4 is 5.73 Å². The zero-order valence-corrected chi connectivity index (χ0v) is 7.06. The maximum absolute atomic E-state index is 12.7. The van der Waals surface area contributed by atoms with Crippen LogP contribution in [0.5, 0.6) is 0 Å². The van der Waals surface area contributed by atoms with E-state index in [1.165, 1.54) is 0 Å². The van der Waals surface area contributed by atoms with Crippen LogP contribution in [0.4, 0.5) is 8.78 Å². The Kier molecular flexibility index (Phi) is 2.97. The van der Waals surface area contributed by atoms with Crippen LogP contribution in [0.2, 0.25) is 0 Å². The van der Waals surface area contributed by atoms with Gasteiger partial charge in [0.25, 0.3) is 5.92 Å². The van der Waals surface area contributed by atoms with Gasteiger partial charge in [-0.2, -0.15) is 0 Å². The van der Waals surface area contributed by atoms with E-state index in [-0.39, 0.29) is 0 Å². The van der Waals surface area contributed by atoms with Crippen LogP contribution >= 0.6 is 0 Å². The van der Waals surface area contributed by atoms with Gasteiger partial charge in [-0.25, -0.2) is 8.78 Å². The third-order valence-corrected chi connectivity index (χ3v) is 1.49. The largest absolute Gasteiger partial charge is 0.386 e. The normalized spacial score (nSPS) is 16.6. The van der Waals surface area contributed by atoms with Crippen LogP contribution in [0.1, 0.15) is 20.8 Å². The average Bonchev–Trinajstić information content (AvgIpc) is 1.84. The van der Waals surface area contributed by atoms with Gasteiger partial charge in [0, 0.05) is 0 Å². The van der Waals surface area contributed by atoms with Gasteiger partial charge in [-0.05, 0) is 5.41 Å². The van der Waals surface area contributed by atoms with Gasteiger partial charge in [0.2, 0.25) is 0 Å². The van der Waals surface area contributed by atoms with Crippen molar-refractivity contribution in [3.05, 3.63) is 0 Å². The summed E-state index contributed by atoms with van der Waals surface area (Å²) in [6, 6.07) is 0. The maximum atomic E-state index is 12.7. The first kappa shape index (κ1) is 10.8. The molecule has 0 saturated carbocycles. The highest BCUT2D eigenvalue weighted by Crippen LogP contribution is 2.30. The number of hydrogen-bond donors (Lipinski definition) is 2. The number of aliphatic hydroxyl groups excluding tert-OH is 1. The number of rotatable bonds is 2. The predicted octanol–water partition coefficient (Wildman–Crippen LogP) is 0.987. The summed E-state index contributed by atoms with van der Waals surface area (Å²) >= 11 is 0. The van der Waals surface area contributed by atoms with E-state index in [1.807, 2.05) is 0 Å². The highest BCUT2D eigenvalue weighted by molar-refractivity contribution is 4.86. The molecule has 4 heteroatoms. The Labute approximate surface area is 65.4 Å². The Morgan fingerprint density at radius 3 is 1.82 bits per heavy atom. The molecule has 1 unspecified atom stereocenters. The standard InChI is InChI=1S/C7H15F2NO/c1-6(2,3)5(11)7(8,9)4-10/h5,11H,4,10H2,1-3H3. The molecule has 68 valence electrons. The molecule has 0 saturated heterocycles. The average molecular weight is 167 g/mol. The summed E-state index contributed by atoms with van der Waals surface area (Å²) in [5.74, 6) is -3.18. The van der Waals surface area contributed by atoms with Crippen molar-refractivity contribution in [3.63, 3.8) is 0 Å². The van der Waals surface area contributed by atoms with Crippen molar-refractivity contribution in [1.82, 2.24) is 0 Å². The summed E-state index contributed by atoms with van der Waals surface area (Å²) in [7, 11) is 0. The molecule has 0 aromatic heterocycles. The zero-order valence-electron chi connectivity index (χ0n) is 7.06. The molecule has 2 nitrogen and oxygen atoms in total. The lowest BCUT2D eigenvalue weighted by Gasteiger charge is -2.31. The van der Waals surface area contributed by atoms with E-state index in [2.05, 4.69) is 0 Å². The molecule has 0 aromatic rings. The van der Waals surface area contributed by atoms with Gasteiger partial charge in [-0.15, -0.1) is 0 Å². The first-order chi connectivity index (χ1) is 4.72. The van der Waals surface area contributed by atoms with E-state index in [4.69, 9.17) is 10.8 Å². The molecule has 0 aromatic carbocycles. The van der Waals surface area contributed by atoms with Gasteiger partial charge in [-0.1, -0.05) is 20.8 Å². The third-order valence-electron chi connectivity index (χ3n) is 1.49. The van der Waals surface area contributed by atoms with E-state index < -0.39 is 24.0 Å². The minimum Gasteiger partial charge on any atom is -0.386 e. The van der Waals surface area contributed by atoms with Crippen LogP contribution in [0, 0.1) is 5.41 Å². The van der Waals surface area contributed by atoms with E-state index in [0.717, 1.165) is 0 Å². The number of nitrogens with two attached hydrogens (primary N) is 1. The van der Waals surface area contributed by atoms with Crippen LogP contribution in [0.25, 0.3) is 0 Å². The molecule has 0 radical (unpaired) electrons. The highest BCUT2D eigenvalue weighted by Gasteiger charge is 2.43. The first-order valence-electron chi connectivity index (χ1n) is 3.48. The molecule has 0 aliphatic carbocycles. The Morgan fingerprint density at radius 2 is 1.73 bits per heavy atom. The van der Waals surface area contributed by atoms with Crippen LogP contribution in [-0.2, 0) is 0 Å². The number of hydrogen-bond acceptors (Lipinski definition) is 2. The number of aliphatic hydroxyl groups is 1. The quantitative estimate of drug-likeness (QED) is 0.644. The lowest BCUT2D eigenvalue weighted by atomic mass is 9.85. The third kappa shape index (κ3) is 2.71. The van der Waals surface area contributed by atoms with Gasteiger partial charge in [0.1, 0.15) is 6.10 Å². The second-order valence-electron chi connectivity index (χ2n) is 3.73. The Morgan fingerprint density at radius 1 is 1.36 bits per heavy atom. The van der Waals surface area contributed by atoms with Crippen molar-refractivity contribution in [3.8, 4) is 0 Å². The van der Waals surface area contributed by atoms with E-state index in [9.17, 15) is 8.78 Å². The number of halogens is 2. The second-order valence-corrected chi connectivity index (χ2v) is 3.73. The van der Waals surface area contributed by atoms with Crippen molar-refractivity contribution in [2.45, 2.75) is 32.8 Å². The fraction of sp³-hybridized carbons (Fsp3) is 1.00. The molecule has 11 heavy (non-hydrogen) atoms. The monoisotopic (exact) mass is 167 g/mol. The molecular weight excluding hydrogens is 152 g/mol. The minimum absolute atomic E-state index is 0.814. The topological polar surface area (TPSA) is 46.2 Å². The molecule has 0 spiro atoms. The molecule has 0 rings (SSSR count). The Hall–Kier alpha value is -0.220. The van der Waals surface area contributed by atoms with Gasteiger partial charge in [0.15, 0.2) is 0 Å². The van der Waals surface area contributed by atoms with Gasteiger partial charge >= 0.3 is 0 Å². The molecular formula is C7H15F2NO. The van der Waals surface area contributed by atoms with Gasteiger partial charge in [0.05, 0.1) is 6.54 Å². The Balaban J connectivity index is 4.35. The van der Waals surface area contributed by atoms with Crippen molar-refractivity contribution in [2.24, 2.45) is 11.1 Å². The maximum Gasteiger partial charge on any atom is 0.285 e. The summed E-state index contributed by atoms with van der Waals surface area (Å²) in [6.07, 6.45) is -1.68. The molecule has 1 atom stereocenters. The van der Waals surface area contributed by atoms with Gasteiger partial charge < -0.3 is 10.8 Å². The summed E-state index contributed by atoms with van der Waals surface area (Å²) in [6.45, 7) is 3.81. The first-order valence-corrected chi connectivity index (χ1v) is 3.48. The van der Waals surface area contributed by atoms with Crippen molar-refractivity contribution in [2.75, 3.05) is 6.54 Å². The van der Waals surface area contributed by atoms with E-state index in [1.54, 1.807) is 20.8 Å². The van der Waals surface area contributed by atoms with Crippen molar-refractivity contribution in [1.29, 1.82) is 0 Å². The molecule has 0 amide bonds. The van der Waals surface area contributed by atoms with Crippen molar-refractivity contribution < 1.29 is 13.9 Å². The summed E-state index contributed by atoms with van der Waals surface area (Å²) in [4.78, 5) is 0. The van der Waals surface area contributed by atoms with Crippen LogP contribution in [0.15, 0.2) is 0 Å². The smallest absolute Gasteiger partial charge is 0.285 e. The number of alkyl halides is 2. The summed E-state index contributed by atoms with van der Waals surface area (Å²) in [5, 5.41) is 9.08. The summed E-state index contributed by atoms with van der Waals surface area (Å²) in [5.41, 5.74) is 3.96. The van der Waals surface area contributed by atoms with Gasteiger partial charge in [-0.3, -0.25) is 0 Å². The molecule has 3 N–H and O–H groups in total. The second kappa shape index (κ2) is 3.03. The Bertz CT molecular complexity index is 131. The molecule has 0 aliphatic heterocycles. The zero-order chi connectivity index (χ0) is 9.28. The lowest BCUT2D eigenvalue weighted by molar-refractivity contribution is -0.142. The fourth-order valence-corrected chi connectivity index (χ4v) is 0.745. The predicted molar refractivity (Wildman–Crippen MR) is 39.5 cm³/mol. The minimum atomic E-state index is -3.18. The van der Waals surface area contributed by atoms with Crippen molar-refractivity contribution >= 4 is 0 Å². The SMILES string of the molecule is CC(C)(C)C(O)C(F)(F)CN. The fourth-order valence-electron chi connectivity index (χ4n) is 0.745. The molecule has 0 fully saturated rings. The van der Waals surface area contributed by atoms with Crippen LogP contribution in [0.3, 0.4) is 0 Å². The lowest BCUT2D eigenvalue weighted by Crippen LogP contribution is -2.47. The van der Waals surface area contributed by atoms with Crippen LogP contribution in [-0.4, -0.2) is 23.7 Å². The molecule has 0 bridgehead atoms. The molecule has 0 aliphatic rings. The van der Waals surface area contributed by atoms with E-state index >= 15 is 0 Å². The highest BCUT2D eigenvalue weighted by atomic mass is 19.3. The van der Waals surface area contributed by atoms with E-state index in [0.29, 0.717) is 0 Å². The summed E-state index contributed by atoms with van der Waals surface area (Å²) < 4.78 is 25.3.